The first kappa shape index (κ1) is 18.4. The summed E-state index contributed by atoms with van der Waals surface area (Å²) in [6, 6.07) is 12.4. The van der Waals surface area contributed by atoms with E-state index in [1.165, 1.54) is 31.4 Å². The molecule has 0 aliphatic rings. The van der Waals surface area contributed by atoms with Crippen LogP contribution in [-0.4, -0.2) is 32.6 Å². The molecule has 0 aromatic heterocycles. The standard InChI is InChI=1S/C19H20FNO4/c1-24-17-11-9-16(10-12-17)21(13-3-4-18(22)25-2)19(23)14-5-7-15(20)8-6-14/h5-12H,3-4,13H2,1-2H3. The molecule has 0 saturated carbocycles. The van der Waals surface area contributed by atoms with E-state index in [0.717, 1.165) is 0 Å². The Morgan fingerprint density at radius 3 is 2.20 bits per heavy atom. The van der Waals surface area contributed by atoms with Crippen LogP contribution >= 0.6 is 0 Å². The molecule has 0 atom stereocenters. The molecule has 0 bridgehead atoms. The van der Waals surface area contributed by atoms with Gasteiger partial charge in [-0.1, -0.05) is 0 Å². The highest BCUT2D eigenvalue weighted by Gasteiger charge is 2.18. The summed E-state index contributed by atoms with van der Waals surface area (Å²) in [6.45, 7) is 0.331. The molecule has 2 aromatic carbocycles. The van der Waals surface area contributed by atoms with Crippen molar-refractivity contribution in [3.63, 3.8) is 0 Å². The zero-order valence-electron chi connectivity index (χ0n) is 14.2. The number of anilines is 1. The Morgan fingerprint density at radius 2 is 1.64 bits per heavy atom. The normalized spacial score (nSPS) is 10.2. The second-order valence-corrected chi connectivity index (χ2v) is 5.34. The zero-order chi connectivity index (χ0) is 18.2. The molecule has 0 spiro atoms. The van der Waals surface area contributed by atoms with E-state index in [1.807, 2.05) is 0 Å². The molecule has 1 amide bonds. The molecule has 132 valence electrons. The SMILES string of the molecule is COC(=O)CCCN(C(=O)c1ccc(F)cc1)c1ccc(OC)cc1. The molecule has 5 nitrogen and oxygen atoms in total. The van der Waals surface area contributed by atoms with E-state index in [9.17, 15) is 14.0 Å². The lowest BCUT2D eigenvalue weighted by molar-refractivity contribution is -0.140. The first-order valence-corrected chi connectivity index (χ1v) is 7.83. The van der Waals surface area contributed by atoms with Crippen LogP contribution in [0.3, 0.4) is 0 Å². The monoisotopic (exact) mass is 345 g/mol. The van der Waals surface area contributed by atoms with Gasteiger partial charge in [0.25, 0.3) is 5.91 Å². The Balaban J connectivity index is 2.21. The largest absolute Gasteiger partial charge is 0.497 e. The number of amides is 1. The molecule has 0 fully saturated rings. The number of halogens is 1. The maximum Gasteiger partial charge on any atom is 0.305 e. The molecular weight excluding hydrogens is 325 g/mol. The average molecular weight is 345 g/mol. The fraction of sp³-hybridized carbons (Fsp3) is 0.263. The Hall–Kier alpha value is -2.89. The Bertz CT molecular complexity index is 713. The number of hydrogen-bond acceptors (Lipinski definition) is 4. The number of methoxy groups -OCH3 is 2. The van der Waals surface area contributed by atoms with Crippen molar-refractivity contribution in [2.24, 2.45) is 0 Å². The van der Waals surface area contributed by atoms with E-state index in [4.69, 9.17) is 4.74 Å². The third-order valence-electron chi connectivity index (χ3n) is 3.71. The molecule has 2 aromatic rings. The molecule has 25 heavy (non-hydrogen) atoms. The topological polar surface area (TPSA) is 55.8 Å². The van der Waals surface area contributed by atoms with Crippen molar-refractivity contribution < 1.29 is 23.5 Å². The van der Waals surface area contributed by atoms with Crippen LogP contribution in [0.15, 0.2) is 48.5 Å². The minimum absolute atomic E-state index is 0.208. The molecule has 0 saturated heterocycles. The van der Waals surface area contributed by atoms with Crippen LogP contribution < -0.4 is 9.64 Å². The zero-order valence-corrected chi connectivity index (χ0v) is 14.2. The lowest BCUT2D eigenvalue weighted by atomic mass is 10.1. The van der Waals surface area contributed by atoms with Crippen molar-refractivity contribution in [2.75, 3.05) is 25.7 Å². The van der Waals surface area contributed by atoms with E-state index < -0.39 is 5.82 Å². The Labute approximate surface area is 146 Å². The predicted molar refractivity (Wildman–Crippen MR) is 92.3 cm³/mol. The van der Waals surface area contributed by atoms with Gasteiger partial charge in [0.15, 0.2) is 0 Å². The van der Waals surface area contributed by atoms with Crippen LogP contribution in [-0.2, 0) is 9.53 Å². The third-order valence-corrected chi connectivity index (χ3v) is 3.71. The van der Waals surface area contributed by atoms with Gasteiger partial charge in [0.2, 0.25) is 0 Å². The number of carbonyl (C=O) groups is 2. The van der Waals surface area contributed by atoms with Crippen molar-refractivity contribution in [3.8, 4) is 5.75 Å². The minimum atomic E-state index is -0.404. The van der Waals surface area contributed by atoms with Crippen LogP contribution in [0, 0.1) is 5.82 Å². The number of carbonyl (C=O) groups excluding carboxylic acids is 2. The maximum absolute atomic E-state index is 13.1. The first-order chi connectivity index (χ1) is 12.0. The molecule has 0 unspecified atom stereocenters. The van der Waals surface area contributed by atoms with Crippen molar-refractivity contribution >= 4 is 17.6 Å². The molecule has 0 aliphatic heterocycles. The Kier molecular flexibility index (Phi) is 6.51. The third kappa shape index (κ3) is 5.04. The molecular formula is C19H20FNO4. The summed E-state index contributed by atoms with van der Waals surface area (Å²) in [7, 11) is 2.89. The molecule has 0 aliphatic carbocycles. The summed E-state index contributed by atoms with van der Waals surface area (Å²) in [5.41, 5.74) is 1.04. The van der Waals surface area contributed by atoms with E-state index in [0.29, 0.717) is 30.0 Å². The van der Waals surface area contributed by atoms with Crippen molar-refractivity contribution in [1.29, 1.82) is 0 Å². The fourth-order valence-electron chi connectivity index (χ4n) is 2.34. The number of hydrogen-bond donors (Lipinski definition) is 0. The number of esters is 1. The van der Waals surface area contributed by atoms with Crippen molar-refractivity contribution in [2.45, 2.75) is 12.8 Å². The smallest absolute Gasteiger partial charge is 0.305 e. The molecule has 0 radical (unpaired) electrons. The van der Waals surface area contributed by atoms with Crippen LogP contribution in [0.1, 0.15) is 23.2 Å². The summed E-state index contributed by atoms with van der Waals surface area (Å²) in [6.07, 6.45) is 0.658. The van der Waals surface area contributed by atoms with Gasteiger partial charge in [-0.2, -0.15) is 0 Å². The molecule has 2 rings (SSSR count). The Morgan fingerprint density at radius 1 is 1.00 bits per heavy atom. The highest BCUT2D eigenvalue weighted by molar-refractivity contribution is 6.06. The van der Waals surface area contributed by atoms with Crippen LogP contribution in [0.25, 0.3) is 0 Å². The summed E-state index contributed by atoms with van der Waals surface area (Å²) in [5.74, 6) is -0.329. The number of nitrogens with zero attached hydrogens (tertiary/aromatic N) is 1. The van der Waals surface area contributed by atoms with Gasteiger partial charge in [-0.3, -0.25) is 9.59 Å². The molecule has 0 heterocycles. The molecule has 6 heteroatoms. The second-order valence-electron chi connectivity index (χ2n) is 5.34. The summed E-state index contributed by atoms with van der Waals surface area (Å²) in [4.78, 5) is 25.7. The van der Waals surface area contributed by atoms with Gasteiger partial charge in [0.05, 0.1) is 14.2 Å². The summed E-state index contributed by atoms with van der Waals surface area (Å²) < 4.78 is 22.9. The number of ether oxygens (including phenoxy) is 2. The van der Waals surface area contributed by atoms with Crippen molar-refractivity contribution in [1.82, 2.24) is 0 Å². The number of benzene rings is 2. The van der Waals surface area contributed by atoms with Crippen LogP contribution in [0.4, 0.5) is 10.1 Å². The van der Waals surface area contributed by atoms with Crippen LogP contribution in [0.5, 0.6) is 5.75 Å². The van der Waals surface area contributed by atoms with E-state index in [-0.39, 0.29) is 18.3 Å². The highest BCUT2D eigenvalue weighted by atomic mass is 19.1. The average Bonchev–Trinajstić information content (AvgIpc) is 2.65. The van der Waals surface area contributed by atoms with Gasteiger partial charge < -0.3 is 14.4 Å². The van der Waals surface area contributed by atoms with Crippen LogP contribution in [0.2, 0.25) is 0 Å². The fourth-order valence-corrected chi connectivity index (χ4v) is 2.34. The lowest BCUT2D eigenvalue weighted by Gasteiger charge is -2.23. The second kappa shape index (κ2) is 8.82. The van der Waals surface area contributed by atoms with Gasteiger partial charge in [-0.25, -0.2) is 4.39 Å². The highest BCUT2D eigenvalue weighted by Crippen LogP contribution is 2.22. The van der Waals surface area contributed by atoms with Crippen molar-refractivity contribution in [3.05, 3.63) is 59.9 Å². The van der Waals surface area contributed by atoms with Gasteiger partial charge in [0, 0.05) is 24.2 Å². The van der Waals surface area contributed by atoms with E-state index in [2.05, 4.69) is 4.74 Å². The minimum Gasteiger partial charge on any atom is -0.497 e. The quantitative estimate of drug-likeness (QED) is 0.722. The predicted octanol–water partition coefficient (Wildman–Crippen LogP) is 3.43. The lowest BCUT2D eigenvalue weighted by Crippen LogP contribution is -2.32. The first-order valence-electron chi connectivity index (χ1n) is 7.83. The maximum atomic E-state index is 13.1. The summed E-state index contributed by atoms with van der Waals surface area (Å²) >= 11 is 0. The molecule has 0 N–H and O–H groups in total. The van der Waals surface area contributed by atoms with E-state index >= 15 is 0 Å². The number of rotatable bonds is 7. The van der Waals surface area contributed by atoms with Gasteiger partial charge in [0.1, 0.15) is 11.6 Å². The van der Waals surface area contributed by atoms with Gasteiger partial charge >= 0.3 is 5.97 Å². The van der Waals surface area contributed by atoms with Gasteiger partial charge in [-0.15, -0.1) is 0 Å². The van der Waals surface area contributed by atoms with Gasteiger partial charge in [-0.05, 0) is 55.0 Å². The summed E-state index contributed by atoms with van der Waals surface area (Å²) in [5, 5.41) is 0. The van der Waals surface area contributed by atoms with E-state index in [1.54, 1.807) is 36.3 Å².